The van der Waals surface area contributed by atoms with Crippen LogP contribution in [0.25, 0.3) is 10.4 Å². The maximum Gasteiger partial charge on any atom is 0.252 e. The summed E-state index contributed by atoms with van der Waals surface area (Å²) in [4.78, 5) is 22.8. The third-order valence-corrected chi connectivity index (χ3v) is 8.20. The Morgan fingerprint density at radius 2 is 1.69 bits per heavy atom. The van der Waals surface area contributed by atoms with Crippen LogP contribution >= 0.6 is 0 Å². The average Bonchev–Trinajstić information content (AvgIpc) is 3.53. The van der Waals surface area contributed by atoms with E-state index in [4.69, 9.17) is 33.8 Å². The van der Waals surface area contributed by atoms with Gasteiger partial charge in [-0.2, -0.15) is 0 Å². The van der Waals surface area contributed by atoms with Crippen molar-refractivity contribution in [2.24, 2.45) is 10.1 Å². The Labute approximate surface area is 284 Å². The summed E-state index contributed by atoms with van der Waals surface area (Å²) >= 11 is 0. The van der Waals surface area contributed by atoms with Crippen molar-refractivity contribution >= 4 is 17.5 Å². The molecular weight excluding hydrogens is 626 g/mol. The van der Waals surface area contributed by atoms with Crippen LogP contribution in [0.15, 0.2) is 101 Å². The number of hydrogen-bond acceptors (Lipinski definition) is 9. The van der Waals surface area contributed by atoms with E-state index in [1.165, 1.54) is 0 Å². The molecule has 0 aromatic heterocycles. The normalized spacial score (nSPS) is 16.5. The van der Waals surface area contributed by atoms with Gasteiger partial charge in [-0.25, -0.2) is 4.99 Å². The van der Waals surface area contributed by atoms with E-state index < -0.39 is 11.6 Å². The lowest BCUT2D eigenvalue weighted by Gasteiger charge is -2.31. The molecule has 2 atom stereocenters. The van der Waals surface area contributed by atoms with Gasteiger partial charge in [0.2, 0.25) is 5.90 Å². The Kier molecular flexibility index (Phi) is 11.6. The molecule has 2 N–H and O–H groups in total. The van der Waals surface area contributed by atoms with Gasteiger partial charge in [0.25, 0.3) is 5.91 Å². The van der Waals surface area contributed by atoms with Gasteiger partial charge in [0.1, 0.15) is 23.0 Å². The van der Waals surface area contributed by atoms with E-state index in [1.807, 2.05) is 66.7 Å². The molecule has 49 heavy (non-hydrogen) atoms. The third kappa shape index (κ3) is 8.06. The number of aliphatic imine (C=N–C) groups is 1. The van der Waals surface area contributed by atoms with Crippen molar-refractivity contribution in [1.82, 2.24) is 5.32 Å². The first-order valence-corrected chi connectivity index (χ1v) is 15.8. The number of aliphatic hydroxyl groups excluding tert-OH is 1. The van der Waals surface area contributed by atoms with Crippen molar-refractivity contribution in [2.45, 2.75) is 30.9 Å². The first-order chi connectivity index (χ1) is 23.9. The predicted molar refractivity (Wildman–Crippen MR) is 185 cm³/mol. The number of carbonyl (C=O) groups is 1. The molecule has 0 spiro atoms. The summed E-state index contributed by atoms with van der Waals surface area (Å²) in [6.45, 7) is 0.673. The monoisotopic (exact) mass is 665 g/mol. The van der Waals surface area contributed by atoms with E-state index >= 15 is 0 Å². The molecule has 4 aromatic carbocycles. The predicted octanol–water partition coefficient (Wildman–Crippen LogP) is 6.27. The van der Waals surface area contributed by atoms with Gasteiger partial charge in [-0.1, -0.05) is 41.5 Å². The van der Waals surface area contributed by atoms with E-state index in [9.17, 15) is 10.3 Å². The van der Waals surface area contributed by atoms with Crippen molar-refractivity contribution in [3.63, 3.8) is 0 Å². The van der Waals surface area contributed by atoms with Gasteiger partial charge in [0.05, 0.1) is 27.9 Å². The Bertz CT molecular complexity index is 1820. The van der Waals surface area contributed by atoms with Crippen LogP contribution in [-0.4, -0.2) is 63.5 Å². The van der Waals surface area contributed by atoms with Crippen molar-refractivity contribution in [2.75, 3.05) is 41.1 Å². The molecule has 0 bridgehead atoms. The minimum Gasteiger partial charge on any atom is -0.497 e. The van der Waals surface area contributed by atoms with E-state index in [0.29, 0.717) is 64.8 Å². The molecule has 0 radical (unpaired) electrons. The summed E-state index contributed by atoms with van der Waals surface area (Å²) in [5.41, 5.74) is 11.0. The molecule has 0 fully saturated rings. The zero-order valence-corrected chi connectivity index (χ0v) is 27.7. The summed E-state index contributed by atoms with van der Waals surface area (Å²) in [5, 5.41) is 16.1. The fraction of sp³-hybridized carbons (Fsp3) is 0.297. The molecule has 0 saturated carbocycles. The van der Waals surface area contributed by atoms with Crippen LogP contribution < -0.4 is 24.3 Å². The highest BCUT2D eigenvalue weighted by Crippen LogP contribution is 2.44. The van der Waals surface area contributed by atoms with Crippen LogP contribution in [0.3, 0.4) is 0 Å². The smallest absolute Gasteiger partial charge is 0.252 e. The third-order valence-electron chi connectivity index (χ3n) is 8.20. The second kappa shape index (κ2) is 16.4. The Balaban J connectivity index is 1.57. The van der Waals surface area contributed by atoms with Crippen molar-refractivity contribution in [3.05, 3.63) is 124 Å². The maximum atomic E-state index is 14.7. The van der Waals surface area contributed by atoms with E-state index in [1.54, 1.807) is 45.6 Å². The van der Waals surface area contributed by atoms with Crippen LogP contribution in [0.5, 0.6) is 23.0 Å². The molecule has 0 unspecified atom stereocenters. The zero-order valence-electron chi connectivity index (χ0n) is 27.7. The Morgan fingerprint density at radius 3 is 2.43 bits per heavy atom. The number of aliphatic hydroxyl groups is 1. The molecule has 1 heterocycles. The molecule has 1 aliphatic rings. The van der Waals surface area contributed by atoms with Crippen LogP contribution in [0, 0.1) is 0 Å². The summed E-state index contributed by atoms with van der Waals surface area (Å²) in [6, 6.07) is 27.2. The van der Waals surface area contributed by atoms with Gasteiger partial charge < -0.3 is 34.1 Å². The quantitative estimate of drug-likeness (QED) is 0.0618. The Morgan fingerprint density at radius 1 is 0.939 bits per heavy atom. The fourth-order valence-corrected chi connectivity index (χ4v) is 5.72. The maximum absolute atomic E-state index is 14.7. The number of amides is 1. The van der Waals surface area contributed by atoms with Gasteiger partial charge >= 0.3 is 0 Å². The molecule has 0 aliphatic carbocycles. The van der Waals surface area contributed by atoms with Gasteiger partial charge in [0.15, 0.2) is 11.6 Å². The van der Waals surface area contributed by atoms with Crippen LogP contribution in [-0.2, 0) is 22.4 Å². The van der Waals surface area contributed by atoms with Gasteiger partial charge in [-0.3, -0.25) is 4.79 Å². The number of nitrogens with zero attached hydrogens (tertiary/aromatic N) is 4. The molecule has 0 saturated heterocycles. The lowest BCUT2D eigenvalue weighted by molar-refractivity contribution is -0.128. The molecule has 254 valence electrons. The molecular formula is C37H39N5O7. The SMILES string of the molecule is COc1cccc([C@H]2OC(c3ccc(OCCCO)cc3)=N[C@@]2(Cc2ccccc2N=[N+]=[N-])C(=O)NCCc2cc(OC)ccc2OC)c1. The highest BCUT2D eigenvalue weighted by atomic mass is 16.5. The number of carbonyl (C=O) groups excluding carboxylic acids is 1. The summed E-state index contributed by atoms with van der Waals surface area (Å²) in [7, 11) is 4.76. The number of hydrogen-bond donors (Lipinski definition) is 2. The molecule has 4 aromatic rings. The Hall–Kier alpha value is -5.71. The lowest BCUT2D eigenvalue weighted by atomic mass is 9.81. The molecule has 1 aliphatic heterocycles. The first-order valence-electron chi connectivity index (χ1n) is 15.8. The van der Waals surface area contributed by atoms with Crippen molar-refractivity contribution in [3.8, 4) is 23.0 Å². The van der Waals surface area contributed by atoms with Gasteiger partial charge in [-0.15, -0.1) is 0 Å². The summed E-state index contributed by atoms with van der Waals surface area (Å²) < 4.78 is 28.8. The largest absolute Gasteiger partial charge is 0.497 e. The molecule has 5 rings (SSSR count). The summed E-state index contributed by atoms with van der Waals surface area (Å²) in [6.07, 6.45) is 0.142. The number of benzene rings is 4. The summed E-state index contributed by atoms with van der Waals surface area (Å²) in [5.74, 6) is 2.45. The molecule has 12 nitrogen and oxygen atoms in total. The highest BCUT2D eigenvalue weighted by Gasteiger charge is 2.53. The highest BCUT2D eigenvalue weighted by molar-refractivity contribution is 6.01. The van der Waals surface area contributed by atoms with Crippen LogP contribution in [0.1, 0.15) is 34.8 Å². The first kappa shape index (κ1) is 34.6. The van der Waals surface area contributed by atoms with Crippen molar-refractivity contribution < 1.29 is 33.6 Å². The fourth-order valence-electron chi connectivity index (χ4n) is 5.72. The number of azide groups is 1. The van der Waals surface area contributed by atoms with E-state index in [2.05, 4.69) is 15.3 Å². The number of rotatable bonds is 16. The van der Waals surface area contributed by atoms with E-state index in [-0.39, 0.29) is 31.4 Å². The topological polar surface area (TPSA) is 157 Å². The number of ether oxygens (including phenoxy) is 5. The van der Waals surface area contributed by atoms with E-state index in [0.717, 1.165) is 5.56 Å². The zero-order chi connectivity index (χ0) is 34.6. The second-order valence-corrected chi connectivity index (χ2v) is 11.2. The van der Waals surface area contributed by atoms with Crippen LogP contribution in [0.2, 0.25) is 0 Å². The number of methoxy groups -OCH3 is 3. The van der Waals surface area contributed by atoms with Crippen LogP contribution in [0.4, 0.5) is 5.69 Å². The average molecular weight is 666 g/mol. The molecule has 12 heteroatoms. The lowest BCUT2D eigenvalue weighted by Crippen LogP contribution is -2.50. The second-order valence-electron chi connectivity index (χ2n) is 11.2. The van der Waals surface area contributed by atoms with Gasteiger partial charge in [-0.05, 0) is 83.2 Å². The molecule has 1 amide bonds. The van der Waals surface area contributed by atoms with Gasteiger partial charge in [0, 0.05) is 42.2 Å². The number of nitrogens with one attached hydrogen (secondary N) is 1. The minimum absolute atomic E-state index is 0.0361. The standard InChI is InChI=1S/C37H39N5O7/c1-45-30-10-6-9-27(23-30)34-37(24-28-8-4-5-11-32(28)41-42-38,36(44)39-19-18-26-22-31(46-2)16-17-33(26)47-3)40-35(49-34)25-12-14-29(15-13-25)48-21-7-20-43/h4-6,8-17,22-23,34,43H,7,18-21,24H2,1-3H3,(H,39,44)/t34-,37-/m1/s1. The van der Waals surface area contributed by atoms with Crippen molar-refractivity contribution in [1.29, 1.82) is 0 Å². The minimum atomic E-state index is -1.53.